The fourth-order valence-corrected chi connectivity index (χ4v) is 5.84. The lowest BCUT2D eigenvalue weighted by atomic mass is 9.95. The molecule has 0 aromatic carbocycles. The van der Waals surface area contributed by atoms with Crippen LogP contribution in [0.15, 0.2) is 11.6 Å². The number of amides is 3. The lowest BCUT2D eigenvalue weighted by molar-refractivity contribution is -0.140. The summed E-state index contributed by atoms with van der Waals surface area (Å²) in [6.45, 7) is 18.0. The van der Waals surface area contributed by atoms with E-state index in [1.165, 1.54) is 44.9 Å². The third kappa shape index (κ3) is 13.3. The first-order chi connectivity index (χ1) is 19.4. The van der Waals surface area contributed by atoms with Crippen molar-refractivity contribution in [3.8, 4) is 0 Å². The Balaban J connectivity index is 2.72. The van der Waals surface area contributed by atoms with Crippen molar-refractivity contribution in [2.45, 2.75) is 157 Å². The van der Waals surface area contributed by atoms with E-state index < -0.39 is 6.04 Å². The summed E-state index contributed by atoms with van der Waals surface area (Å²) in [5.41, 5.74) is 0.624. The summed E-state index contributed by atoms with van der Waals surface area (Å²) in [5, 5.41) is 6.17. The fraction of sp³-hybridized carbons (Fsp3) is 0.853. The van der Waals surface area contributed by atoms with E-state index in [-0.39, 0.29) is 47.7 Å². The van der Waals surface area contributed by atoms with Crippen LogP contribution in [0.3, 0.4) is 0 Å². The van der Waals surface area contributed by atoms with E-state index in [1.54, 1.807) is 11.9 Å². The summed E-state index contributed by atoms with van der Waals surface area (Å²) in [5.74, 6) is -0.179. The molecule has 3 amide bonds. The number of likely N-dealkylation sites (tertiary alicyclic amines) is 1. The molecule has 0 bridgehead atoms. The predicted molar refractivity (Wildman–Crippen MR) is 172 cm³/mol. The highest BCUT2D eigenvalue weighted by Gasteiger charge is 2.36. The number of nitrogens with zero attached hydrogens (tertiary/aromatic N) is 2. The van der Waals surface area contributed by atoms with Crippen LogP contribution >= 0.6 is 0 Å². The third-order valence-electron chi connectivity index (χ3n) is 8.56. The van der Waals surface area contributed by atoms with Crippen LogP contribution in [0.2, 0.25) is 0 Å². The Morgan fingerprint density at radius 3 is 2.00 bits per heavy atom. The maximum atomic E-state index is 13.8. The van der Waals surface area contributed by atoms with E-state index in [4.69, 9.17) is 0 Å². The quantitative estimate of drug-likeness (QED) is 0.136. The minimum atomic E-state index is -0.612. The molecule has 41 heavy (non-hydrogen) atoms. The first-order valence-electron chi connectivity index (χ1n) is 16.7. The Bertz CT molecular complexity index is 808. The molecule has 238 valence electrons. The Morgan fingerprint density at radius 2 is 1.46 bits per heavy atom. The van der Waals surface area contributed by atoms with E-state index in [9.17, 15) is 14.4 Å². The van der Waals surface area contributed by atoms with Gasteiger partial charge in [0.25, 0.3) is 0 Å². The molecule has 1 fully saturated rings. The zero-order chi connectivity index (χ0) is 30.9. The third-order valence-corrected chi connectivity index (χ3v) is 8.56. The summed E-state index contributed by atoms with van der Waals surface area (Å²) < 4.78 is 0. The van der Waals surface area contributed by atoms with Crippen LogP contribution in [0.1, 0.15) is 132 Å². The molecule has 7 heteroatoms. The van der Waals surface area contributed by atoms with Crippen molar-refractivity contribution in [1.82, 2.24) is 20.4 Å². The van der Waals surface area contributed by atoms with Crippen molar-refractivity contribution >= 4 is 17.7 Å². The first kappa shape index (κ1) is 37.1. The number of nitrogens with one attached hydrogen (secondary N) is 2. The lowest BCUT2D eigenvalue weighted by Crippen LogP contribution is -2.58. The van der Waals surface area contributed by atoms with E-state index in [2.05, 4.69) is 50.2 Å². The average molecular weight is 577 g/mol. The zero-order valence-corrected chi connectivity index (χ0v) is 28.1. The molecule has 2 N–H and O–H groups in total. The SMILES string of the molecule is CCCCCCCCCCCNC(=O)/C(C)=C/[C@H](C(C)C)N(C)C(=O)C(NC(=O)C1CCCCN1C(C)C)C(C)C. The van der Waals surface area contributed by atoms with Crippen LogP contribution in [0.4, 0.5) is 0 Å². The Hall–Kier alpha value is -1.89. The Kier molecular flexibility index (Phi) is 18.2. The standard InChI is InChI=1S/C34H64N4O3/c1-10-11-12-13-14-15-16-17-19-22-35-32(39)28(8)24-30(25(2)3)37(9)34(41)31(26(4)5)36-33(40)29-21-18-20-23-38(29)27(6)7/h24-27,29-31H,10-23H2,1-9H3,(H,35,39)(H,36,40)/b28-24+/t29?,30-,31?/m1/s1. The lowest BCUT2D eigenvalue weighted by Gasteiger charge is -2.39. The largest absolute Gasteiger partial charge is 0.352 e. The molecule has 0 aromatic heterocycles. The number of likely N-dealkylation sites (N-methyl/N-ethyl adjacent to an activating group) is 1. The summed E-state index contributed by atoms with van der Waals surface area (Å²) in [6.07, 6.45) is 16.1. The number of hydrogen-bond donors (Lipinski definition) is 2. The maximum Gasteiger partial charge on any atom is 0.246 e. The molecule has 0 saturated carbocycles. The smallest absolute Gasteiger partial charge is 0.246 e. The van der Waals surface area contributed by atoms with Crippen molar-refractivity contribution in [3.63, 3.8) is 0 Å². The average Bonchev–Trinajstić information content (AvgIpc) is 2.93. The number of hydrogen-bond acceptors (Lipinski definition) is 4. The highest BCUT2D eigenvalue weighted by Crippen LogP contribution is 2.21. The molecule has 0 aliphatic carbocycles. The molecular weight excluding hydrogens is 512 g/mol. The number of carbonyl (C=O) groups excluding carboxylic acids is 3. The summed E-state index contributed by atoms with van der Waals surface area (Å²) in [6, 6.07) is -0.771. The topological polar surface area (TPSA) is 81.8 Å². The highest BCUT2D eigenvalue weighted by atomic mass is 16.2. The zero-order valence-electron chi connectivity index (χ0n) is 28.1. The van der Waals surface area contributed by atoms with Crippen LogP contribution < -0.4 is 10.6 Å². The monoisotopic (exact) mass is 576 g/mol. The molecule has 7 nitrogen and oxygen atoms in total. The number of rotatable bonds is 19. The van der Waals surface area contributed by atoms with Crippen LogP contribution in [0.5, 0.6) is 0 Å². The molecule has 1 saturated heterocycles. The molecule has 1 rings (SSSR count). The second-order valence-electron chi connectivity index (χ2n) is 13.2. The van der Waals surface area contributed by atoms with E-state index >= 15 is 0 Å². The Morgan fingerprint density at radius 1 is 0.878 bits per heavy atom. The molecule has 0 aromatic rings. The van der Waals surface area contributed by atoms with Gasteiger partial charge in [0.1, 0.15) is 6.04 Å². The number of carbonyl (C=O) groups is 3. The molecule has 1 aliphatic heterocycles. The van der Waals surface area contributed by atoms with Gasteiger partial charge >= 0.3 is 0 Å². The van der Waals surface area contributed by atoms with Gasteiger partial charge in [-0.25, -0.2) is 0 Å². The summed E-state index contributed by atoms with van der Waals surface area (Å²) in [4.78, 5) is 43.9. The normalized spacial score (nSPS) is 18.0. The summed E-state index contributed by atoms with van der Waals surface area (Å²) in [7, 11) is 1.79. The van der Waals surface area contributed by atoms with Crippen molar-refractivity contribution in [1.29, 1.82) is 0 Å². The van der Waals surface area contributed by atoms with Crippen molar-refractivity contribution < 1.29 is 14.4 Å². The molecule has 0 spiro atoms. The van der Waals surface area contributed by atoms with Gasteiger partial charge in [-0.3, -0.25) is 19.3 Å². The highest BCUT2D eigenvalue weighted by molar-refractivity contribution is 5.93. The van der Waals surface area contributed by atoms with Crippen LogP contribution in [0, 0.1) is 11.8 Å². The van der Waals surface area contributed by atoms with Gasteiger partial charge in [-0.05, 0) is 58.4 Å². The molecule has 1 aliphatic rings. The van der Waals surface area contributed by atoms with Gasteiger partial charge in [-0.2, -0.15) is 0 Å². The van der Waals surface area contributed by atoms with Gasteiger partial charge in [-0.1, -0.05) is 98.5 Å². The molecule has 2 unspecified atom stereocenters. The number of piperidine rings is 1. The van der Waals surface area contributed by atoms with Crippen molar-refractivity contribution in [2.24, 2.45) is 11.8 Å². The predicted octanol–water partition coefficient (Wildman–Crippen LogP) is 6.47. The second kappa shape index (κ2) is 20.1. The maximum absolute atomic E-state index is 13.8. The molecule has 3 atom stereocenters. The van der Waals surface area contributed by atoms with Gasteiger partial charge in [0.15, 0.2) is 0 Å². The Labute approximate surface area is 252 Å². The van der Waals surface area contributed by atoms with Gasteiger partial charge in [0.2, 0.25) is 17.7 Å². The van der Waals surface area contributed by atoms with Crippen LogP contribution in [-0.4, -0.2) is 71.8 Å². The molecule has 1 heterocycles. The number of unbranched alkanes of at least 4 members (excludes halogenated alkanes) is 8. The first-order valence-corrected chi connectivity index (χ1v) is 16.7. The molecular formula is C34H64N4O3. The van der Waals surface area contributed by atoms with E-state index in [1.807, 2.05) is 26.8 Å². The van der Waals surface area contributed by atoms with Crippen LogP contribution in [0.25, 0.3) is 0 Å². The van der Waals surface area contributed by atoms with E-state index in [0.717, 1.165) is 38.6 Å². The van der Waals surface area contributed by atoms with Crippen LogP contribution in [-0.2, 0) is 14.4 Å². The van der Waals surface area contributed by atoms with Gasteiger partial charge < -0.3 is 15.5 Å². The fourth-order valence-electron chi connectivity index (χ4n) is 5.84. The van der Waals surface area contributed by atoms with Gasteiger partial charge in [0.05, 0.1) is 12.1 Å². The second-order valence-corrected chi connectivity index (χ2v) is 13.2. The minimum absolute atomic E-state index is 0.0532. The van der Waals surface area contributed by atoms with Gasteiger partial charge in [0, 0.05) is 25.2 Å². The van der Waals surface area contributed by atoms with Gasteiger partial charge in [-0.15, -0.1) is 0 Å². The molecule has 0 radical (unpaired) electrons. The summed E-state index contributed by atoms with van der Waals surface area (Å²) >= 11 is 0. The van der Waals surface area contributed by atoms with E-state index in [0.29, 0.717) is 12.1 Å². The van der Waals surface area contributed by atoms with Crippen molar-refractivity contribution in [3.05, 3.63) is 11.6 Å². The minimum Gasteiger partial charge on any atom is -0.352 e. The van der Waals surface area contributed by atoms with Crippen molar-refractivity contribution in [2.75, 3.05) is 20.1 Å².